The van der Waals surface area contributed by atoms with E-state index in [-0.39, 0.29) is 5.91 Å². The number of benzene rings is 2. The number of carbonyl (C=O) groups excluding carboxylic acids is 1. The number of nitrogens with one attached hydrogen (secondary N) is 1. The highest BCUT2D eigenvalue weighted by Crippen LogP contribution is 2.23. The van der Waals surface area contributed by atoms with Gasteiger partial charge in [0.1, 0.15) is 0 Å². The van der Waals surface area contributed by atoms with Crippen molar-refractivity contribution in [3.8, 4) is 0 Å². The van der Waals surface area contributed by atoms with Gasteiger partial charge in [0.15, 0.2) is 0 Å². The fourth-order valence-electron chi connectivity index (χ4n) is 1.91. The molecule has 0 spiro atoms. The number of aromatic nitrogens is 2. The molecule has 0 saturated carbocycles. The molecule has 3 rings (SSSR count). The van der Waals surface area contributed by atoms with Gasteiger partial charge >= 0.3 is 0 Å². The summed E-state index contributed by atoms with van der Waals surface area (Å²) in [6.07, 6.45) is 3.22. The Morgan fingerprint density at radius 3 is 2.57 bits per heavy atom. The number of carbonyl (C=O) groups is 1. The lowest BCUT2D eigenvalue weighted by atomic mass is 10.1. The van der Waals surface area contributed by atoms with Crippen molar-refractivity contribution in [2.24, 2.45) is 0 Å². The summed E-state index contributed by atoms with van der Waals surface area (Å²) in [7, 11) is 0. The van der Waals surface area contributed by atoms with Crippen molar-refractivity contribution in [2.45, 2.75) is 0 Å². The maximum absolute atomic E-state index is 12.2. The SMILES string of the molecule is Nc1ccc(NC(=O)c2ccc3nccnc3c2)cc1Br. The molecule has 0 atom stereocenters. The fourth-order valence-corrected chi connectivity index (χ4v) is 2.29. The van der Waals surface area contributed by atoms with Crippen LogP contribution in [0.15, 0.2) is 53.3 Å². The second-order valence-electron chi connectivity index (χ2n) is 4.45. The minimum absolute atomic E-state index is 0.209. The predicted molar refractivity (Wildman–Crippen MR) is 86.0 cm³/mol. The van der Waals surface area contributed by atoms with Crippen molar-refractivity contribution in [3.63, 3.8) is 0 Å². The van der Waals surface area contributed by atoms with Gasteiger partial charge in [0.05, 0.1) is 11.0 Å². The van der Waals surface area contributed by atoms with Crippen LogP contribution in [-0.4, -0.2) is 15.9 Å². The Kier molecular flexibility index (Phi) is 3.53. The minimum atomic E-state index is -0.209. The monoisotopic (exact) mass is 342 g/mol. The lowest BCUT2D eigenvalue weighted by molar-refractivity contribution is 0.102. The smallest absolute Gasteiger partial charge is 0.255 e. The van der Waals surface area contributed by atoms with Crippen molar-refractivity contribution in [1.29, 1.82) is 0 Å². The minimum Gasteiger partial charge on any atom is -0.398 e. The Morgan fingerprint density at radius 1 is 1.05 bits per heavy atom. The van der Waals surface area contributed by atoms with Crippen molar-refractivity contribution < 1.29 is 4.79 Å². The molecule has 0 aliphatic rings. The Balaban J connectivity index is 1.87. The zero-order chi connectivity index (χ0) is 14.8. The third-order valence-electron chi connectivity index (χ3n) is 2.99. The summed E-state index contributed by atoms with van der Waals surface area (Å²) in [5.74, 6) is -0.209. The molecule has 0 aliphatic carbocycles. The Morgan fingerprint density at radius 2 is 1.81 bits per heavy atom. The quantitative estimate of drug-likeness (QED) is 0.700. The molecule has 0 bridgehead atoms. The first-order valence-electron chi connectivity index (χ1n) is 6.20. The number of hydrogen-bond acceptors (Lipinski definition) is 4. The molecular formula is C15H11BrN4O. The third-order valence-corrected chi connectivity index (χ3v) is 3.68. The van der Waals surface area contributed by atoms with E-state index in [0.717, 1.165) is 9.99 Å². The third kappa shape index (κ3) is 2.85. The molecule has 104 valence electrons. The van der Waals surface area contributed by atoms with E-state index in [9.17, 15) is 4.79 Å². The second-order valence-corrected chi connectivity index (χ2v) is 5.30. The zero-order valence-corrected chi connectivity index (χ0v) is 12.5. The average Bonchev–Trinajstić information content (AvgIpc) is 2.50. The van der Waals surface area contributed by atoms with Gasteiger partial charge in [0, 0.05) is 33.8 Å². The molecule has 2 aromatic carbocycles. The van der Waals surface area contributed by atoms with Crippen LogP contribution in [0.25, 0.3) is 11.0 Å². The highest BCUT2D eigenvalue weighted by molar-refractivity contribution is 9.10. The number of anilines is 2. The molecule has 3 N–H and O–H groups in total. The summed E-state index contributed by atoms with van der Waals surface area (Å²) < 4.78 is 0.740. The molecule has 0 radical (unpaired) electrons. The van der Waals surface area contributed by atoms with Gasteiger partial charge in [-0.25, -0.2) is 0 Å². The van der Waals surface area contributed by atoms with Gasteiger partial charge in [-0.3, -0.25) is 14.8 Å². The molecule has 0 unspecified atom stereocenters. The van der Waals surface area contributed by atoms with E-state index in [2.05, 4.69) is 31.2 Å². The van der Waals surface area contributed by atoms with Crippen LogP contribution in [0.2, 0.25) is 0 Å². The highest BCUT2D eigenvalue weighted by Gasteiger charge is 2.08. The van der Waals surface area contributed by atoms with Crippen LogP contribution in [-0.2, 0) is 0 Å². The number of rotatable bonds is 2. The number of hydrogen-bond donors (Lipinski definition) is 2. The Bertz CT molecular complexity index is 835. The molecule has 1 aromatic heterocycles. The van der Waals surface area contributed by atoms with Crippen molar-refractivity contribution in [1.82, 2.24) is 9.97 Å². The van der Waals surface area contributed by atoms with Crippen LogP contribution in [0.1, 0.15) is 10.4 Å². The first-order chi connectivity index (χ1) is 10.1. The van der Waals surface area contributed by atoms with E-state index in [4.69, 9.17) is 5.73 Å². The summed E-state index contributed by atoms with van der Waals surface area (Å²) in [6, 6.07) is 10.4. The lowest BCUT2D eigenvalue weighted by Gasteiger charge is -2.07. The summed E-state index contributed by atoms with van der Waals surface area (Å²) >= 11 is 3.33. The van der Waals surface area contributed by atoms with Gasteiger partial charge in [-0.15, -0.1) is 0 Å². The van der Waals surface area contributed by atoms with E-state index < -0.39 is 0 Å². The van der Waals surface area contributed by atoms with Crippen molar-refractivity contribution >= 4 is 44.2 Å². The molecule has 6 heteroatoms. The first kappa shape index (κ1) is 13.5. The van der Waals surface area contributed by atoms with Gasteiger partial charge in [0.2, 0.25) is 0 Å². The lowest BCUT2D eigenvalue weighted by Crippen LogP contribution is -2.12. The van der Waals surface area contributed by atoms with Gasteiger partial charge in [-0.2, -0.15) is 0 Å². The average molecular weight is 343 g/mol. The highest BCUT2D eigenvalue weighted by atomic mass is 79.9. The molecule has 5 nitrogen and oxygen atoms in total. The first-order valence-corrected chi connectivity index (χ1v) is 7.00. The number of halogens is 1. The molecule has 21 heavy (non-hydrogen) atoms. The van der Waals surface area contributed by atoms with Gasteiger partial charge in [0.25, 0.3) is 5.91 Å². The van der Waals surface area contributed by atoms with Crippen molar-refractivity contribution in [2.75, 3.05) is 11.1 Å². The molecule has 3 aromatic rings. The van der Waals surface area contributed by atoms with Crippen LogP contribution in [0.4, 0.5) is 11.4 Å². The van der Waals surface area contributed by atoms with E-state index >= 15 is 0 Å². The second kappa shape index (κ2) is 5.49. The van der Waals surface area contributed by atoms with Gasteiger partial charge in [-0.1, -0.05) is 0 Å². The molecule has 0 aliphatic heterocycles. The van der Waals surface area contributed by atoms with Crippen molar-refractivity contribution in [3.05, 3.63) is 58.8 Å². The number of nitrogens with zero attached hydrogens (tertiary/aromatic N) is 2. The summed E-state index contributed by atoms with van der Waals surface area (Å²) in [4.78, 5) is 20.6. The van der Waals surface area contributed by atoms with E-state index in [1.54, 1.807) is 48.8 Å². The standard InChI is InChI=1S/C15H11BrN4O/c16-11-8-10(2-3-12(11)17)20-15(21)9-1-4-13-14(7-9)19-6-5-18-13/h1-8H,17H2,(H,20,21). The van der Waals surface area contributed by atoms with E-state index in [1.165, 1.54) is 0 Å². The summed E-state index contributed by atoms with van der Waals surface area (Å²) in [5.41, 5.74) is 8.97. The molecule has 1 heterocycles. The number of nitrogens with two attached hydrogens (primary N) is 1. The Labute approximate surface area is 129 Å². The fraction of sp³-hybridized carbons (Fsp3) is 0. The predicted octanol–water partition coefficient (Wildman–Crippen LogP) is 3.23. The summed E-state index contributed by atoms with van der Waals surface area (Å²) in [5, 5.41) is 2.82. The Hall–Kier alpha value is -2.47. The molecule has 1 amide bonds. The number of nitrogen functional groups attached to an aromatic ring is 1. The molecule has 0 fully saturated rings. The van der Waals surface area contributed by atoms with Crippen LogP contribution >= 0.6 is 15.9 Å². The van der Waals surface area contributed by atoms with E-state index in [0.29, 0.717) is 22.5 Å². The number of fused-ring (bicyclic) bond motifs is 1. The largest absolute Gasteiger partial charge is 0.398 e. The number of amides is 1. The molecular weight excluding hydrogens is 332 g/mol. The summed E-state index contributed by atoms with van der Waals surface area (Å²) in [6.45, 7) is 0. The van der Waals surface area contributed by atoms with Crippen LogP contribution in [0.3, 0.4) is 0 Å². The van der Waals surface area contributed by atoms with Crippen LogP contribution in [0.5, 0.6) is 0 Å². The van der Waals surface area contributed by atoms with Gasteiger partial charge in [-0.05, 0) is 52.3 Å². The van der Waals surface area contributed by atoms with Crippen LogP contribution < -0.4 is 11.1 Å². The van der Waals surface area contributed by atoms with Gasteiger partial charge < -0.3 is 11.1 Å². The zero-order valence-electron chi connectivity index (χ0n) is 10.9. The van der Waals surface area contributed by atoms with E-state index in [1.807, 2.05) is 0 Å². The maximum Gasteiger partial charge on any atom is 0.255 e. The topological polar surface area (TPSA) is 80.9 Å². The molecule has 0 saturated heterocycles. The normalized spacial score (nSPS) is 10.5. The van der Waals surface area contributed by atoms with Crippen LogP contribution in [0, 0.1) is 0 Å². The maximum atomic E-state index is 12.2.